The van der Waals surface area contributed by atoms with E-state index in [1.165, 1.54) is 10.9 Å². The molecule has 0 atom stereocenters. The minimum absolute atomic E-state index is 0.0974. The number of sulfonamides is 1. The average molecular weight is 587 g/mol. The van der Waals surface area contributed by atoms with E-state index in [2.05, 4.69) is 31.7 Å². The normalized spacial score (nSPS) is 15.1. The summed E-state index contributed by atoms with van der Waals surface area (Å²) in [7, 11) is -0.551. The zero-order valence-corrected chi connectivity index (χ0v) is 23.3. The number of halogens is 3. The van der Waals surface area contributed by atoms with Gasteiger partial charge in [0.15, 0.2) is 0 Å². The minimum Gasteiger partial charge on any atom is -0.439 e. The number of nitrogens with zero attached hydrogens (tertiary/aromatic N) is 5. The first kappa shape index (κ1) is 28.6. The lowest BCUT2D eigenvalue weighted by atomic mass is 9.90. The number of rotatable bonds is 8. The Morgan fingerprint density at radius 1 is 1.00 bits per heavy atom. The van der Waals surface area contributed by atoms with Crippen molar-refractivity contribution in [2.75, 3.05) is 24.9 Å². The maximum Gasteiger partial charge on any atom is 0.393 e. The summed E-state index contributed by atoms with van der Waals surface area (Å²) in [4.78, 5) is 10.5. The van der Waals surface area contributed by atoms with Gasteiger partial charge in [-0.15, -0.1) is 0 Å². The summed E-state index contributed by atoms with van der Waals surface area (Å²) >= 11 is 0. The SMILES string of the molecule is CN1CCC(c2ccc(Oc3nc(NS(=O)(=O)c4cnn(C)c4)nc(-c4ccccc4)c3CC(F)(F)F)cc2)CC1. The molecule has 4 aromatic rings. The van der Waals surface area contributed by atoms with Crippen LogP contribution in [0.15, 0.2) is 71.9 Å². The Morgan fingerprint density at radius 3 is 2.29 bits per heavy atom. The third kappa shape index (κ3) is 7.03. The van der Waals surface area contributed by atoms with E-state index in [1.807, 2.05) is 12.1 Å². The summed E-state index contributed by atoms with van der Waals surface area (Å²) in [6.45, 7) is 1.98. The molecule has 3 heterocycles. The van der Waals surface area contributed by atoms with Crippen LogP contribution in [0.3, 0.4) is 0 Å². The first-order valence-corrected chi connectivity index (χ1v) is 14.5. The van der Waals surface area contributed by atoms with Crippen molar-refractivity contribution in [3.63, 3.8) is 0 Å². The number of hydrogen-bond acceptors (Lipinski definition) is 7. The monoisotopic (exact) mass is 586 g/mol. The van der Waals surface area contributed by atoms with Crippen LogP contribution in [0.5, 0.6) is 11.6 Å². The zero-order valence-electron chi connectivity index (χ0n) is 22.5. The molecule has 1 N–H and O–H groups in total. The molecular weight excluding hydrogens is 557 g/mol. The topological polar surface area (TPSA) is 102 Å². The second-order valence-electron chi connectivity index (χ2n) is 10.0. The number of hydrogen-bond donors (Lipinski definition) is 1. The number of likely N-dealkylation sites (tertiary alicyclic amines) is 1. The van der Waals surface area contributed by atoms with Gasteiger partial charge in [0.25, 0.3) is 10.0 Å². The lowest BCUT2D eigenvalue weighted by molar-refractivity contribution is -0.127. The number of aromatic nitrogens is 4. The molecule has 1 saturated heterocycles. The van der Waals surface area contributed by atoms with Gasteiger partial charge in [0.05, 0.1) is 23.9 Å². The van der Waals surface area contributed by atoms with Gasteiger partial charge < -0.3 is 9.64 Å². The molecule has 2 aromatic heterocycles. The van der Waals surface area contributed by atoms with Crippen LogP contribution in [0.25, 0.3) is 11.3 Å². The van der Waals surface area contributed by atoms with Gasteiger partial charge in [-0.1, -0.05) is 42.5 Å². The Morgan fingerprint density at radius 2 is 1.68 bits per heavy atom. The molecule has 216 valence electrons. The van der Waals surface area contributed by atoms with Crippen molar-refractivity contribution in [3.05, 3.63) is 78.1 Å². The van der Waals surface area contributed by atoms with E-state index in [4.69, 9.17) is 4.74 Å². The second-order valence-corrected chi connectivity index (χ2v) is 11.7. The van der Waals surface area contributed by atoms with Crippen LogP contribution in [0.4, 0.5) is 19.1 Å². The Hall–Kier alpha value is -3.97. The highest BCUT2D eigenvalue weighted by molar-refractivity contribution is 7.92. The third-order valence-electron chi connectivity index (χ3n) is 6.90. The van der Waals surface area contributed by atoms with E-state index >= 15 is 0 Å². The van der Waals surface area contributed by atoms with E-state index in [-0.39, 0.29) is 21.9 Å². The highest BCUT2D eigenvalue weighted by Gasteiger charge is 2.33. The largest absolute Gasteiger partial charge is 0.439 e. The highest BCUT2D eigenvalue weighted by atomic mass is 32.2. The molecule has 1 aliphatic heterocycles. The van der Waals surface area contributed by atoms with E-state index < -0.39 is 34.4 Å². The summed E-state index contributed by atoms with van der Waals surface area (Å²) < 4.78 is 76.9. The molecule has 41 heavy (non-hydrogen) atoms. The van der Waals surface area contributed by atoms with Gasteiger partial charge in [-0.25, -0.2) is 18.1 Å². The molecule has 0 amide bonds. The summed E-state index contributed by atoms with van der Waals surface area (Å²) in [5.74, 6) is -0.175. The first-order valence-electron chi connectivity index (χ1n) is 13.0. The van der Waals surface area contributed by atoms with Crippen molar-refractivity contribution in [3.8, 4) is 22.9 Å². The lowest BCUT2D eigenvalue weighted by Gasteiger charge is -2.29. The number of benzene rings is 2. The summed E-state index contributed by atoms with van der Waals surface area (Å²) in [5.41, 5.74) is 1.06. The van der Waals surface area contributed by atoms with Crippen molar-refractivity contribution in [1.82, 2.24) is 24.6 Å². The summed E-state index contributed by atoms with van der Waals surface area (Å²) in [5, 5.41) is 3.87. The van der Waals surface area contributed by atoms with Gasteiger partial charge in [0.1, 0.15) is 10.6 Å². The molecule has 13 heteroatoms. The quantitative estimate of drug-likeness (QED) is 0.296. The number of alkyl halides is 3. The third-order valence-corrected chi connectivity index (χ3v) is 8.18. The Labute approximate surface area is 236 Å². The standard InChI is InChI=1S/C28H29F3N6O3S/c1-36-14-12-20(13-15-36)19-8-10-22(11-9-19)40-26-24(16-28(29,30)31)25(21-6-4-3-5-7-21)33-27(34-26)35-41(38,39)23-17-32-37(2)18-23/h3-11,17-18,20H,12-16H2,1-2H3,(H,33,34,35). The van der Waals surface area contributed by atoms with Crippen LogP contribution in [-0.2, 0) is 23.5 Å². The fourth-order valence-corrected chi connectivity index (χ4v) is 5.69. The fraction of sp³-hybridized carbons (Fsp3) is 0.321. The molecule has 5 rings (SSSR count). The average Bonchev–Trinajstić information content (AvgIpc) is 3.38. The molecule has 0 bridgehead atoms. The molecular formula is C28H29F3N6O3S. The summed E-state index contributed by atoms with van der Waals surface area (Å²) in [6.07, 6.45) is -1.54. The molecule has 0 radical (unpaired) electrons. The fourth-order valence-electron chi connectivity index (χ4n) is 4.77. The number of piperidine rings is 1. The van der Waals surface area contributed by atoms with Crippen molar-refractivity contribution in [2.24, 2.45) is 7.05 Å². The van der Waals surface area contributed by atoms with Crippen LogP contribution in [0.1, 0.15) is 29.9 Å². The van der Waals surface area contributed by atoms with Crippen molar-refractivity contribution >= 4 is 16.0 Å². The van der Waals surface area contributed by atoms with Crippen LogP contribution >= 0.6 is 0 Å². The molecule has 0 saturated carbocycles. The molecule has 9 nitrogen and oxygen atoms in total. The van der Waals surface area contributed by atoms with Gasteiger partial charge in [-0.05, 0) is 56.6 Å². The maximum absolute atomic E-state index is 13.8. The maximum atomic E-state index is 13.8. The van der Waals surface area contributed by atoms with E-state index in [9.17, 15) is 21.6 Å². The van der Waals surface area contributed by atoms with Gasteiger partial charge in [0.2, 0.25) is 11.8 Å². The highest BCUT2D eigenvalue weighted by Crippen LogP contribution is 2.37. The Balaban J connectivity index is 1.55. The molecule has 0 unspecified atom stereocenters. The zero-order chi connectivity index (χ0) is 29.2. The molecule has 2 aromatic carbocycles. The van der Waals surface area contributed by atoms with Crippen LogP contribution in [-0.4, -0.2) is 59.4 Å². The predicted molar refractivity (Wildman–Crippen MR) is 147 cm³/mol. The van der Waals surface area contributed by atoms with E-state index in [0.29, 0.717) is 11.5 Å². The Bertz CT molecular complexity index is 1600. The number of nitrogens with one attached hydrogen (secondary N) is 1. The molecule has 1 aliphatic rings. The van der Waals surface area contributed by atoms with E-state index in [0.717, 1.165) is 37.7 Å². The number of aryl methyl sites for hydroxylation is 1. The molecule has 0 aliphatic carbocycles. The van der Waals surface area contributed by atoms with Gasteiger partial charge >= 0.3 is 6.18 Å². The predicted octanol–water partition coefficient (Wildman–Crippen LogP) is 5.38. The van der Waals surface area contributed by atoms with Crippen molar-refractivity contribution in [1.29, 1.82) is 0 Å². The van der Waals surface area contributed by atoms with Gasteiger partial charge in [0, 0.05) is 18.8 Å². The lowest BCUT2D eigenvalue weighted by Crippen LogP contribution is -2.29. The van der Waals surface area contributed by atoms with Gasteiger partial charge in [-0.2, -0.15) is 23.3 Å². The van der Waals surface area contributed by atoms with Crippen LogP contribution < -0.4 is 9.46 Å². The Kier molecular flexibility index (Phi) is 8.00. The van der Waals surface area contributed by atoms with Gasteiger partial charge in [-0.3, -0.25) is 4.68 Å². The second kappa shape index (κ2) is 11.5. The van der Waals surface area contributed by atoms with E-state index in [1.54, 1.807) is 49.5 Å². The molecule has 0 spiro atoms. The van der Waals surface area contributed by atoms with Crippen LogP contribution in [0.2, 0.25) is 0 Å². The number of ether oxygens (including phenoxy) is 1. The van der Waals surface area contributed by atoms with Crippen molar-refractivity contribution in [2.45, 2.75) is 36.3 Å². The minimum atomic E-state index is -4.61. The summed E-state index contributed by atoms with van der Waals surface area (Å²) in [6, 6.07) is 15.4. The molecule has 1 fully saturated rings. The number of anilines is 1. The smallest absolute Gasteiger partial charge is 0.393 e. The first-order chi connectivity index (χ1) is 19.5. The van der Waals surface area contributed by atoms with Crippen LogP contribution in [0, 0.1) is 0 Å². The van der Waals surface area contributed by atoms with Crippen molar-refractivity contribution < 1.29 is 26.3 Å².